The molecule has 0 atom stereocenters. The maximum atomic E-state index is 12.6. The van der Waals surface area contributed by atoms with Gasteiger partial charge in [-0.2, -0.15) is 0 Å². The van der Waals surface area contributed by atoms with E-state index in [9.17, 15) is 9.59 Å². The normalized spacial score (nSPS) is 12.7. The van der Waals surface area contributed by atoms with Gasteiger partial charge in [0, 0.05) is 11.9 Å². The number of carbonyl (C=O) groups excluding carboxylic acids is 1. The van der Waals surface area contributed by atoms with Crippen LogP contribution in [0.3, 0.4) is 0 Å². The molecular formula is C23H19ClN4O4. The monoisotopic (exact) mass is 450 g/mol. The molecule has 1 aliphatic rings. The van der Waals surface area contributed by atoms with Crippen molar-refractivity contribution in [3.8, 4) is 11.5 Å². The minimum atomic E-state index is -0.217. The van der Waals surface area contributed by atoms with Gasteiger partial charge in [0.2, 0.25) is 5.91 Å². The fourth-order valence-electron chi connectivity index (χ4n) is 3.65. The Balaban J connectivity index is 1.29. The van der Waals surface area contributed by atoms with Crippen LogP contribution in [0.5, 0.6) is 11.5 Å². The van der Waals surface area contributed by atoms with E-state index < -0.39 is 0 Å². The molecule has 1 amide bonds. The third-order valence-electron chi connectivity index (χ3n) is 5.05. The number of benzene rings is 2. The Bertz CT molecular complexity index is 1380. The van der Waals surface area contributed by atoms with Gasteiger partial charge in [0.15, 0.2) is 17.1 Å². The summed E-state index contributed by atoms with van der Waals surface area (Å²) < 4.78 is 14.0. The molecule has 9 heteroatoms. The molecule has 0 bridgehead atoms. The summed E-state index contributed by atoms with van der Waals surface area (Å²) >= 11 is 6.26. The van der Waals surface area contributed by atoms with Crippen molar-refractivity contribution in [3.63, 3.8) is 0 Å². The number of carbonyl (C=O) groups is 1. The predicted molar refractivity (Wildman–Crippen MR) is 120 cm³/mol. The van der Waals surface area contributed by atoms with Crippen molar-refractivity contribution < 1.29 is 14.3 Å². The maximum Gasteiger partial charge on any atom is 0.350 e. The Morgan fingerprint density at radius 2 is 1.94 bits per heavy atom. The summed E-state index contributed by atoms with van der Waals surface area (Å²) in [6.07, 6.45) is 1.81. The highest BCUT2D eigenvalue weighted by molar-refractivity contribution is 6.32. The Labute approximate surface area is 188 Å². The van der Waals surface area contributed by atoms with Crippen molar-refractivity contribution in [3.05, 3.63) is 87.4 Å². The van der Waals surface area contributed by atoms with Crippen LogP contribution < -0.4 is 20.5 Å². The van der Waals surface area contributed by atoms with Crippen LogP contribution in [0.25, 0.3) is 5.65 Å². The minimum absolute atomic E-state index is 0.131. The van der Waals surface area contributed by atoms with Gasteiger partial charge in [-0.3, -0.25) is 9.20 Å². The molecular weight excluding hydrogens is 432 g/mol. The fourth-order valence-corrected chi connectivity index (χ4v) is 3.94. The van der Waals surface area contributed by atoms with Crippen LogP contribution in [0, 0.1) is 0 Å². The molecule has 0 radical (unpaired) electrons. The molecule has 0 fully saturated rings. The molecule has 2 aromatic heterocycles. The summed E-state index contributed by atoms with van der Waals surface area (Å²) in [5, 5.41) is 7.65. The highest BCUT2D eigenvalue weighted by atomic mass is 35.5. The lowest BCUT2D eigenvalue weighted by Gasteiger charge is -2.20. The van der Waals surface area contributed by atoms with Crippen LogP contribution in [0.4, 0.5) is 5.69 Å². The molecule has 1 aliphatic heterocycles. The van der Waals surface area contributed by atoms with E-state index in [2.05, 4.69) is 10.4 Å². The second kappa shape index (κ2) is 8.39. The van der Waals surface area contributed by atoms with E-state index in [1.54, 1.807) is 36.5 Å². The molecule has 0 unspecified atom stereocenters. The van der Waals surface area contributed by atoms with Gasteiger partial charge in [0.05, 0.1) is 18.0 Å². The SMILES string of the molecule is O=C(Cc1cc(Cl)c2c(c1)OCCO2)Nc1cccc(Cn2nc3ccccn3c2=O)c1. The summed E-state index contributed by atoms with van der Waals surface area (Å²) in [6, 6.07) is 16.2. The largest absolute Gasteiger partial charge is 0.486 e. The van der Waals surface area contributed by atoms with Crippen molar-refractivity contribution in [1.82, 2.24) is 14.2 Å². The summed E-state index contributed by atoms with van der Waals surface area (Å²) in [7, 11) is 0. The number of halogens is 1. The van der Waals surface area contributed by atoms with Crippen molar-refractivity contribution in [2.75, 3.05) is 18.5 Å². The zero-order valence-electron chi connectivity index (χ0n) is 17.0. The molecule has 8 nitrogen and oxygen atoms in total. The Kier molecular flexibility index (Phi) is 5.28. The molecule has 0 aliphatic carbocycles. The van der Waals surface area contributed by atoms with Crippen LogP contribution in [0.15, 0.2) is 65.6 Å². The number of rotatable bonds is 5. The predicted octanol–water partition coefficient (Wildman–Crippen LogP) is 3.15. The Hall–Kier alpha value is -3.78. The smallest absolute Gasteiger partial charge is 0.350 e. The number of fused-ring (bicyclic) bond motifs is 2. The maximum absolute atomic E-state index is 12.6. The lowest BCUT2D eigenvalue weighted by Crippen LogP contribution is -2.21. The number of anilines is 1. The molecule has 1 N–H and O–H groups in total. The van der Waals surface area contributed by atoms with Crippen LogP contribution in [0.2, 0.25) is 5.02 Å². The Morgan fingerprint density at radius 3 is 2.81 bits per heavy atom. The first-order valence-corrected chi connectivity index (χ1v) is 10.5. The quantitative estimate of drug-likeness (QED) is 0.504. The third kappa shape index (κ3) is 4.04. The second-order valence-electron chi connectivity index (χ2n) is 7.40. The lowest BCUT2D eigenvalue weighted by atomic mass is 10.1. The van der Waals surface area contributed by atoms with Gasteiger partial charge in [-0.25, -0.2) is 9.48 Å². The lowest BCUT2D eigenvalue weighted by molar-refractivity contribution is -0.115. The van der Waals surface area contributed by atoms with E-state index in [0.29, 0.717) is 47.6 Å². The van der Waals surface area contributed by atoms with E-state index in [1.807, 2.05) is 24.3 Å². The van der Waals surface area contributed by atoms with Crippen LogP contribution in [0.1, 0.15) is 11.1 Å². The van der Waals surface area contributed by atoms with Gasteiger partial charge in [0.1, 0.15) is 13.2 Å². The molecule has 32 heavy (non-hydrogen) atoms. The topological polar surface area (TPSA) is 86.9 Å². The second-order valence-corrected chi connectivity index (χ2v) is 7.80. The third-order valence-corrected chi connectivity index (χ3v) is 5.33. The molecule has 4 aromatic rings. The van der Waals surface area contributed by atoms with Crippen LogP contribution in [-0.2, 0) is 17.8 Å². The summed E-state index contributed by atoms with van der Waals surface area (Å²) in [5.74, 6) is 0.864. The first-order chi connectivity index (χ1) is 15.6. The summed E-state index contributed by atoms with van der Waals surface area (Å²) in [4.78, 5) is 25.1. The molecule has 3 heterocycles. The van der Waals surface area contributed by atoms with Gasteiger partial charge in [0.25, 0.3) is 0 Å². The average molecular weight is 451 g/mol. The fraction of sp³-hybridized carbons (Fsp3) is 0.174. The highest BCUT2D eigenvalue weighted by Gasteiger charge is 2.18. The molecule has 2 aromatic carbocycles. The Morgan fingerprint density at radius 1 is 1.06 bits per heavy atom. The number of amides is 1. The van der Waals surface area contributed by atoms with E-state index in [1.165, 1.54) is 9.08 Å². The van der Waals surface area contributed by atoms with Gasteiger partial charge < -0.3 is 14.8 Å². The molecule has 5 rings (SSSR count). The van der Waals surface area contributed by atoms with Crippen molar-refractivity contribution in [2.45, 2.75) is 13.0 Å². The van der Waals surface area contributed by atoms with Crippen molar-refractivity contribution in [2.24, 2.45) is 0 Å². The van der Waals surface area contributed by atoms with E-state index in [-0.39, 0.29) is 18.0 Å². The van der Waals surface area contributed by atoms with Crippen molar-refractivity contribution >= 4 is 28.8 Å². The minimum Gasteiger partial charge on any atom is -0.486 e. The summed E-state index contributed by atoms with van der Waals surface area (Å²) in [5.41, 5.74) is 2.57. The van der Waals surface area contributed by atoms with E-state index in [0.717, 1.165) is 11.1 Å². The number of hydrogen-bond donors (Lipinski definition) is 1. The zero-order valence-corrected chi connectivity index (χ0v) is 17.7. The highest BCUT2D eigenvalue weighted by Crippen LogP contribution is 2.38. The zero-order chi connectivity index (χ0) is 22.1. The number of aromatic nitrogens is 3. The number of ether oxygens (including phenoxy) is 2. The molecule has 0 saturated carbocycles. The first-order valence-electron chi connectivity index (χ1n) is 10.1. The standard InChI is InChI=1S/C23H19ClN4O4/c24-18-11-16(12-19-22(18)32-9-8-31-19)13-21(29)25-17-5-3-4-15(10-17)14-28-23(30)27-7-2-1-6-20(27)26-28/h1-7,10-12H,8-9,13-14H2,(H,25,29). The number of nitrogens with one attached hydrogen (secondary N) is 1. The van der Waals surface area contributed by atoms with Crippen LogP contribution >= 0.6 is 11.6 Å². The molecule has 0 saturated heterocycles. The van der Waals surface area contributed by atoms with Gasteiger partial charge in [-0.1, -0.05) is 29.8 Å². The number of hydrogen-bond acceptors (Lipinski definition) is 5. The van der Waals surface area contributed by atoms with Crippen LogP contribution in [-0.4, -0.2) is 33.3 Å². The first kappa shape index (κ1) is 20.1. The van der Waals surface area contributed by atoms with Gasteiger partial charge in [-0.05, 0) is 47.5 Å². The van der Waals surface area contributed by atoms with Crippen molar-refractivity contribution in [1.29, 1.82) is 0 Å². The number of nitrogens with zero attached hydrogens (tertiary/aromatic N) is 3. The average Bonchev–Trinajstić information content (AvgIpc) is 3.09. The van der Waals surface area contributed by atoms with E-state index >= 15 is 0 Å². The molecule has 0 spiro atoms. The van der Waals surface area contributed by atoms with Gasteiger partial charge >= 0.3 is 5.69 Å². The number of pyridine rings is 1. The molecule has 162 valence electrons. The summed E-state index contributed by atoms with van der Waals surface area (Å²) in [6.45, 7) is 1.19. The van der Waals surface area contributed by atoms with Gasteiger partial charge in [-0.15, -0.1) is 5.10 Å². The van der Waals surface area contributed by atoms with E-state index in [4.69, 9.17) is 21.1 Å².